The Morgan fingerprint density at radius 1 is 1.38 bits per heavy atom. The maximum atomic E-state index is 10.6. The van der Waals surface area contributed by atoms with Crippen molar-refractivity contribution >= 4 is 22.9 Å². The average molecular weight is 338 g/mol. The van der Waals surface area contributed by atoms with Crippen LogP contribution in [0.3, 0.4) is 0 Å². The number of imidazole rings is 1. The van der Waals surface area contributed by atoms with Crippen LogP contribution in [0.25, 0.3) is 11.2 Å². The van der Waals surface area contributed by atoms with E-state index >= 15 is 0 Å². The standard InChI is InChI=1S/C14H22N6O4/c1-6(2)23-4-7-10(22-3)9(21)13(24-7)20-5-17-8-11(15)18-14(16)19-12(8)20/h5-7,9-10,13,21H,4H2,1-3H3,(H4,15,16,18,19)/t7-,9?,10?,13-/m1/s1. The zero-order valence-corrected chi connectivity index (χ0v) is 13.8. The molecule has 2 aromatic rings. The quantitative estimate of drug-likeness (QED) is 0.668. The number of anilines is 2. The fraction of sp³-hybridized carbons (Fsp3) is 0.643. The predicted molar refractivity (Wildman–Crippen MR) is 85.9 cm³/mol. The third-order valence-corrected chi connectivity index (χ3v) is 3.92. The van der Waals surface area contributed by atoms with E-state index in [4.69, 9.17) is 25.7 Å². The molecule has 0 spiro atoms. The molecule has 0 bridgehead atoms. The molecule has 3 rings (SSSR count). The first-order chi connectivity index (χ1) is 11.4. The van der Waals surface area contributed by atoms with E-state index < -0.39 is 24.5 Å². The van der Waals surface area contributed by atoms with E-state index in [2.05, 4.69) is 15.0 Å². The minimum absolute atomic E-state index is 0.0252. The largest absolute Gasteiger partial charge is 0.386 e. The molecule has 4 atom stereocenters. The number of aliphatic hydroxyl groups is 1. The van der Waals surface area contributed by atoms with Crippen LogP contribution in [0.5, 0.6) is 0 Å². The van der Waals surface area contributed by atoms with Crippen LogP contribution in [-0.4, -0.2) is 62.8 Å². The molecule has 132 valence electrons. The molecule has 1 saturated heterocycles. The molecule has 10 heteroatoms. The molecule has 3 heterocycles. The van der Waals surface area contributed by atoms with Gasteiger partial charge in [-0.2, -0.15) is 9.97 Å². The van der Waals surface area contributed by atoms with E-state index in [1.807, 2.05) is 13.8 Å². The summed E-state index contributed by atoms with van der Waals surface area (Å²) in [6.45, 7) is 4.16. The van der Waals surface area contributed by atoms with E-state index in [-0.39, 0.29) is 17.9 Å². The van der Waals surface area contributed by atoms with Crippen LogP contribution in [0.4, 0.5) is 11.8 Å². The molecule has 0 aromatic carbocycles. The fourth-order valence-electron chi connectivity index (χ4n) is 2.80. The summed E-state index contributed by atoms with van der Waals surface area (Å²) in [4.78, 5) is 12.2. The number of nitrogens with zero attached hydrogens (tertiary/aromatic N) is 4. The van der Waals surface area contributed by atoms with Gasteiger partial charge in [0.25, 0.3) is 0 Å². The van der Waals surface area contributed by atoms with Crippen molar-refractivity contribution in [3.63, 3.8) is 0 Å². The van der Waals surface area contributed by atoms with Gasteiger partial charge in [-0.1, -0.05) is 0 Å². The number of hydrogen-bond acceptors (Lipinski definition) is 9. The molecule has 2 unspecified atom stereocenters. The molecule has 1 aliphatic heterocycles. The van der Waals surface area contributed by atoms with Crippen molar-refractivity contribution in [2.75, 3.05) is 25.2 Å². The van der Waals surface area contributed by atoms with Gasteiger partial charge in [0.2, 0.25) is 5.95 Å². The fourth-order valence-corrected chi connectivity index (χ4v) is 2.80. The topological polar surface area (TPSA) is 144 Å². The van der Waals surface area contributed by atoms with Crippen LogP contribution in [0, 0.1) is 0 Å². The van der Waals surface area contributed by atoms with Crippen molar-refractivity contribution < 1.29 is 19.3 Å². The molecule has 10 nitrogen and oxygen atoms in total. The van der Waals surface area contributed by atoms with E-state index in [1.54, 1.807) is 4.57 Å². The highest BCUT2D eigenvalue weighted by Gasteiger charge is 2.45. The Morgan fingerprint density at radius 2 is 2.12 bits per heavy atom. The van der Waals surface area contributed by atoms with Gasteiger partial charge in [0.05, 0.1) is 19.0 Å². The first-order valence-corrected chi connectivity index (χ1v) is 7.65. The van der Waals surface area contributed by atoms with Crippen LogP contribution in [0.1, 0.15) is 20.1 Å². The highest BCUT2D eigenvalue weighted by atomic mass is 16.6. The number of fused-ring (bicyclic) bond motifs is 1. The van der Waals surface area contributed by atoms with E-state index in [9.17, 15) is 5.11 Å². The summed E-state index contributed by atoms with van der Waals surface area (Å²) in [5.41, 5.74) is 12.3. The van der Waals surface area contributed by atoms with Gasteiger partial charge in [0, 0.05) is 7.11 Å². The molecule has 24 heavy (non-hydrogen) atoms. The average Bonchev–Trinajstić information content (AvgIpc) is 3.06. The second-order valence-corrected chi connectivity index (χ2v) is 5.93. The lowest BCUT2D eigenvalue weighted by molar-refractivity contribution is -0.0795. The summed E-state index contributed by atoms with van der Waals surface area (Å²) in [7, 11) is 1.52. The first kappa shape index (κ1) is 16.8. The summed E-state index contributed by atoms with van der Waals surface area (Å²) in [6, 6.07) is 0. The Labute approximate surface area is 138 Å². The van der Waals surface area contributed by atoms with Crippen LogP contribution in [-0.2, 0) is 14.2 Å². The number of ether oxygens (including phenoxy) is 3. The molecular formula is C14H22N6O4. The van der Waals surface area contributed by atoms with E-state index in [1.165, 1.54) is 13.4 Å². The van der Waals surface area contributed by atoms with Crippen LogP contribution < -0.4 is 11.5 Å². The number of aromatic nitrogens is 4. The minimum Gasteiger partial charge on any atom is -0.386 e. The number of rotatable bonds is 5. The molecule has 0 saturated carbocycles. The Hall–Kier alpha value is -2.01. The molecule has 0 aliphatic carbocycles. The zero-order chi connectivity index (χ0) is 17.4. The van der Waals surface area contributed by atoms with Crippen molar-refractivity contribution in [1.29, 1.82) is 0 Å². The van der Waals surface area contributed by atoms with Crippen molar-refractivity contribution in [1.82, 2.24) is 19.5 Å². The van der Waals surface area contributed by atoms with Gasteiger partial charge in [-0.25, -0.2) is 4.98 Å². The molecule has 2 aromatic heterocycles. The lowest BCUT2D eigenvalue weighted by Crippen LogP contribution is -2.36. The van der Waals surface area contributed by atoms with E-state index in [0.717, 1.165) is 0 Å². The molecular weight excluding hydrogens is 316 g/mol. The molecule has 5 N–H and O–H groups in total. The second kappa shape index (κ2) is 6.48. The third-order valence-electron chi connectivity index (χ3n) is 3.92. The van der Waals surface area contributed by atoms with Crippen molar-refractivity contribution in [3.05, 3.63) is 6.33 Å². The summed E-state index contributed by atoms with van der Waals surface area (Å²) in [6.07, 6.45) is -1.10. The number of nitrogens with two attached hydrogens (primary N) is 2. The lowest BCUT2D eigenvalue weighted by atomic mass is 10.1. The molecule has 0 amide bonds. The monoisotopic (exact) mass is 338 g/mol. The maximum absolute atomic E-state index is 10.6. The normalized spacial score (nSPS) is 27.4. The van der Waals surface area contributed by atoms with Gasteiger partial charge in [0.1, 0.15) is 23.8 Å². The number of hydrogen-bond donors (Lipinski definition) is 3. The van der Waals surface area contributed by atoms with Crippen LogP contribution >= 0.6 is 0 Å². The van der Waals surface area contributed by atoms with Gasteiger partial charge in [-0.15, -0.1) is 0 Å². The van der Waals surface area contributed by atoms with Gasteiger partial charge >= 0.3 is 0 Å². The number of nitrogen functional groups attached to an aromatic ring is 2. The Bertz CT molecular complexity index is 721. The maximum Gasteiger partial charge on any atom is 0.224 e. The predicted octanol–water partition coefficient (Wildman–Crippen LogP) is -0.311. The SMILES string of the molecule is COC1C(O)[C@H](n2cnc3c(N)nc(N)nc32)O[C@@H]1COC(C)C. The second-order valence-electron chi connectivity index (χ2n) is 5.93. The number of aliphatic hydroxyl groups excluding tert-OH is 1. The summed E-state index contributed by atoms with van der Waals surface area (Å²) >= 11 is 0. The smallest absolute Gasteiger partial charge is 0.224 e. The molecule has 0 radical (unpaired) electrons. The van der Waals surface area contributed by atoms with Gasteiger partial charge in [-0.3, -0.25) is 4.57 Å². The summed E-state index contributed by atoms with van der Waals surface area (Å²) in [5.74, 6) is 0.198. The molecule has 1 fully saturated rings. The van der Waals surface area contributed by atoms with Gasteiger partial charge in [0.15, 0.2) is 17.7 Å². The highest BCUT2D eigenvalue weighted by molar-refractivity contribution is 5.82. The van der Waals surface area contributed by atoms with Crippen LogP contribution in [0.2, 0.25) is 0 Å². The van der Waals surface area contributed by atoms with Crippen molar-refractivity contribution in [2.45, 2.75) is 44.5 Å². The zero-order valence-electron chi connectivity index (χ0n) is 13.8. The van der Waals surface area contributed by atoms with Crippen LogP contribution in [0.15, 0.2) is 6.33 Å². The highest BCUT2D eigenvalue weighted by Crippen LogP contribution is 2.33. The Kier molecular flexibility index (Phi) is 4.54. The minimum atomic E-state index is -0.925. The summed E-state index contributed by atoms with van der Waals surface area (Å²) < 4.78 is 18.5. The summed E-state index contributed by atoms with van der Waals surface area (Å²) in [5, 5.41) is 10.6. The first-order valence-electron chi connectivity index (χ1n) is 7.65. The lowest BCUT2D eigenvalue weighted by Gasteiger charge is -2.19. The van der Waals surface area contributed by atoms with Gasteiger partial charge in [-0.05, 0) is 13.8 Å². The van der Waals surface area contributed by atoms with Gasteiger partial charge < -0.3 is 30.8 Å². The Balaban J connectivity index is 1.92. The molecule has 1 aliphatic rings. The Morgan fingerprint density at radius 3 is 2.79 bits per heavy atom. The third kappa shape index (κ3) is 2.88. The number of methoxy groups -OCH3 is 1. The van der Waals surface area contributed by atoms with Crippen molar-refractivity contribution in [3.8, 4) is 0 Å². The van der Waals surface area contributed by atoms with E-state index in [0.29, 0.717) is 17.8 Å². The van der Waals surface area contributed by atoms with Crippen molar-refractivity contribution in [2.24, 2.45) is 0 Å².